The van der Waals surface area contributed by atoms with Crippen molar-refractivity contribution in [3.05, 3.63) is 263 Å². The Balaban J connectivity index is 1.06. The number of hydrogen-bond donors (Lipinski definition) is 0. The Labute approximate surface area is 347 Å². The normalized spacial score (nSPS) is 14.8. The van der Waals surface area contributed by atoms with E-state index in [9.17, 15) is 0 Å². The molecule has 2 aliphatic carbocycles. The first-order chi connectivity index (χ1) is 29.2. The third-order valence-electron chi connectivity index (χ3n) is 12.8. The first-order valence-electron chi connectivity index (χ1n) is 20.9. The summed E-state index contributed by atoms with van der Waals surface area (Å²) in [6.07, 6.45) is 6.77. The fraction of sp³-hybridized carbons (Fsp3) is 0.0690. The average Bonchev–Trinajstić information content (AvgIpc) is 3.44. The lowest BCUT2D eigenvalue weighted by Gasteiger charge is -2.45. The second-order valence-electron chi connectivity index (χ2n) is 15.9. The molecule has 280 valence electrons. The highest BCUT2D eigenvalue weighted by atomic mass is 15.2. The molecule has 8 aromatic rings. The summed E-state index contributed by atoms with van der Waals surface area (Å²) in [5.74, 6) is 0. The van der Waals surface area contributed by atoms with Gasteiger partial charge in [0.15, 0.2) is 0 Å². The van der Waals surface area contributed by atoms with Crippen molar-refractivity contribution in [2.45, 2.75) is 25.2 Å². The average molecular weight is 754 g/mol. The highest BCUT2D eigenvalue weighted by molar-refractivity contribution is 5.98. The maximum atomic E-state index is 2.48. The lowest BCUT2D eigenvalue weighted by atomic mass is 9.64. The summed E-state index contributed by atoms with van der Waals surface area (Å²) in [4.78, 5) is 2.45. The molecule has 1 nitrogen and oxygen atoms in total. The molecular weight excluding hydrogens is 711 g/mol. The van der Waals surface area contributed by atoms with Crippen LogP contribution in [0.4, 0.5) is 17.1 Å². The fourth-order valence-corrected chi connectivity index (χ4v) is 10.1. The highest BCUT2D eigenvalue weighted by Crippen LogP contribution is 2.63. The van der Waals surface area contributed by atoms with E-state index in [1.807, 2.05) is 0 Å². The second kappa shape index (κ2) is 14.3. The molecule has 0 saturated carbocycles. The van der Waals surface area contributed by atoms with E-state index >= 15 is 0 Å². The number of fused-ring (bicyclic) bond motifs is 9. The third kappa shape index (κ3) is 5.61. The van der Waals surface area contributed by atoms with Gasteiger partial charge in [0.1, 0.15) is 0 Å². The molecule has 0 radical (unpaired) electrons. The van der Waals surface area contributed by atoms with Gasteiger partial charge in [-0.05, 0) is 127 Å². The van der Waals surface area contributed by atoms with Crippen molar-refractivity contribution < 1.29 is 0 Å². The van der Waals surface area contributed by atoms with Gasteiger partial charge < -0.3 is 4.90 Å². The van der Waals surface area contributed by atoms with Crippen molar-refractivity contribution in [3.63, 3.8) is 0 Å². The summed E-state index contributed by atoms with van der Waals surface area (Å²) in [6, 6.07) is 76.2. The van der Waals surface area contributed by atoms with Crippen molar-refractivity contribution in [2.24, 2.45) is 0 Å². The number of hydrogen-bond acceptors (Lipinski definition) is 1. The summed E-state index contributed by atoms with van der Waals surface area (Å²) in [5.41, 5.74) is 22.6. The third-order valence-corrected chi connectivity index (χ3v) is 12.8. The topological polar surface area (TPSA) is 3.24 Å². The lowest BCUT2D eigenvalue weighted by molar-refractivity contribution is 0.753. The van der Waals surface area contributed by atoms with Crippen molar-refractivity contribution in [2.75, 3.05) is 4.90 Å². The van der Waals surface area contributed by atoms with Gasteiger partial charge in [0, 0.05) is 5.69 Å². The van der Waals surface area contributed by atoms with Crippen LogP contribution in [0.3, 0.4) is 0 Å². The van der Waals surface area contributed by atoms with E-state index in [1.165, 1.54) is 94.9 Å². The monoisotopic (exact) mass is 753 g/mol. The molecule has 0 bridgehead atoms. The number of nitrogens with zero attached hydrogens (tertiary/aromatic N) is 1. The minimum Gasteiger partial charge on any atom is -0.310 e. The molecule has 1 aliphatic heterocycles. The van der Waals surface area contributed by atoms with Crippen LogP contribution in [0.5, 0.6) is 0 Å². The number of rotatable bonds is 6. The summed E-state index contributed by atoms with van der Waals surface area (Å²) in [5, 5.41) is 0. The molecule has 1 spiro atoms. The Hall–Kier alpha value is -7.22. The second-order valence-corrected chi connectivity index (χ2v) is 15.9. The van der Waals surface area contributed by atoms with Gasteiger partial charge in [-0.3, -0.25) is 0 Å². The molecule has 0 fully saturated rings. The zero-order valence-corrected chi connectivity index (χ0v) is 33.1. The van der Waals surface area contributed by atoms with Crippen LogP contribution < -0.4 is 4.90 Å². The summed E-state index contributed by atoms with van der Waals surface area (Å²) in [6.45, 7) is 2.29. The minimum absolute atomic E-state index is 0.485. The van der Waals surface area contributed by atoms with Crippen molar-refractivity contribution in [1.29, 1.82) is 0 Å². The molecule has 3 aliphatic rings. The van der Waals surface area contributed by atoms with E-state index in [-0.39, 0.29) is 0 Å². The number of allylic oxidation sites excluding steroid dienone is 6. The Morgan fingerprint density at radius 3 is 1.61 bits per heavy atom. The van der Waals surface area contributed by atoms with E-state index in [2.05, 4.69) is 230 Å². The molecule has 0 N–H and O–H groups in total. The molecule has 0 saturated heterocycles. The Morgan fingerprint density at radius 2 is 0.949 bits per heavy atom. The zero-order chi connectivity index (χ0) is 39.3. The largest absolute Gasteiger partial charge is 0.310 e. The van der Waals surface area contributed by atoms with Gasteiger partial charge in [0.05, 0.1) is 16.8 Å². The fourth-order valence-electron chi connectivity index (χ4n) is 10.1. The molecule has 0 unspecified atom stereocenters. The first kappa shape index (κ1) is 35.0. The molecule has 1 heterocycles. The standard InChI is InChI=1S/C58H43N/c1-2-40-36-46(41-18-6-3-7-19-41)37-47(38-51(40)44-20-8-4-9-21-44)43-32-30-42(31-33-43)45-34-35-50-49-24-12-13-25-52(49)58(55(50)39-45)53-26-14-16-28-56(53)59(48-22-10-5-11-23-48)57-29-17-15-27-54(57)58/h3-35,37-39H,2,36H2,1H3. The van der Waals surface area contributed by atoms with Crippen LogP contribution in [0.25, 0.3) is 39.0 Å². The van der Waals surface area contributed by atoms with Gasteiger partial charge in [-0.1, -0.05) is 194 Å². The maximum Gasteiger partial charge on any atom is 0.0754 e. The van der Waals surface area contributed by atoms with Crippen LogP contribution in [-0.4, -0.2) is 0 Å². The van der Waals surface area contributed by atoms with E-state index in [0.29, 0.717) is 0 Å². The molecule has 8 aromatic carbocycles. The van der Waals surface area contributed by atoms with Crippen LogP contribution >= 0.6 is 0 Å². The highest BCUT2D eigenvalue weighted by Gasteiger charge is 2.51. The zero-order valence-electron chi connectivity index (χ0n) is 33.1. The summed E-state index contributed by atoms with van der Waals surface area (Å²) >= 11 is 0. The molecule has 0 amide bonds. The van der Waals surface area contributed by atoms with Crippen LogP contribution in [-0.2, 0) is 5.41 Å². The molecule has 0 atom stereocenters. The van der Waals surface area contributed by atoms with Gasteiger partial charge in [-0.2, -0.15) is 0 Å². The van der Waals surface area contributed by atoms with Crippen LogP contribution in [0, 0.1) is 0 Å². The Kier molecular flexibility index (Phi) is 8.48. The summed E-state index contributed by atoms with van der Waals surface area (Å²) in [7, 11) is 0. The van der Waals surface area contributed by atoms with E-state index in [0.717, 1.165) is 18.5 Å². The first-order valence-corrected chi connectivity index (χ1v) is 20.9. The minimum atomic E-state index is -0.485. The number of anilines is 3. The predicted octanol–water partition coefficient (Wildman–Crippen LogP) is 15.2. The van der Waals surface area contributed by atoms with Gasteiger partial charge >= 0.3 is 0 Å². The maximum absolute atomic E-state index is 2.48. The van der Waals surface area contributed by atoms with Gasteiger partial charge in [0.25, 0.3) is 0 Å². The van der Waals surface area contributed by atoms with E-state index in [4.69, 9.17) is 0 Å². The number of benzene rings is 8. The number of para-hydroxylation sites is 3. The van der Waals surface area contributed by atoms with Gasteiger partial charge in [-0.25, -0.2) is 0 Å². The quantitative estimate of drug-likeness (QED) is 0.163. The van der Waals surface area contributed by atoms with E-state index < -0.39 is 5.41 Å². The van der Waals surface area contributed by atoms with Gasteiger partial charge in [-0.15, -0.1) is 0 Å². The summed E-state index contributed by atoms with van der Waals surface area (Å²) < 4.78 is 0. The van der Waals surface area contributed by atoms with Gasteiger partial charge in [0.2, 0.25) is 0 Å². The molecule has 1 heteroatoms. The van der Waals surface area contributed by atoms with E-state index in [1.54, 1.807) is 0 Å². The van der Waals surface area contributed by atoms with Crippen molar-refractivity contribution >= 4 is 33.8 Å². The smallest absolute Gasteiger partial charge is 0.0754 e. The lowest BCUT2D eigenvalue weighted by Crippen LogP contribution is -2.36. The molecule has 59 heavy (non-hydrogen) atoms. The van der Waals surface area contributed by atoms with Crippen molar-refractivity contribution in [3.8, 4) is 22.3 Å². The predicted molar refractivity (Wildman–Crippen MR) is 248 cm³/mol. The van der Waals surface area contributed by atoms with Crippen molar-refractivity contribution in [1.82, 2.24) is 0 Å². The SMILES string of the molecule is CCC1=C(c2ccccc2)C=C(c2ccc(-c3ccc4c(c3)C3(c5ccccc5-4)c4ccccc4N(c4ccccc4)c4ccccc43)cc2)C=C(c2ccccc2)C1. The molecular formula is C58H43N. The Bertz CT molecular complexity index is 2920. The van der Waals surface area contributed by atoms with Crippen LogP contribution in [0.1, 0.15) is 58.7 Å². The van der Waals surface area contributed by atoms with Crippen LogP contribution in [0.15, 0.2) is 224 Å². The van der Waals surface area contributed by atoms with Crippen LogP contribution in [0.2, 0.25) is 0 Å². The molecule has 0 aromatic heterocycles. The Morgan fingerprint density at radius 1 is 0.424 bits per heavy atom. The molecule has 11 rings (SSSR count).